The van der Waals surface area contributed by atoms with Crippen molar-refractivity contribution in [3.05, 3.63) is 83.6 Å². The third kappa shape index (κ3) is 3.42. The van der Waals surface area contributed by atoms with Gasteiger partial charge in [-0.3, -0.25) is 4.72 Å². The van der Waals surface area contributed by atoms with Crippen LogP contribution in [0.4, 0.5) is 10.1 Å². The van der Waals surface area contributed by atoms with Crippen molar-refractivity contribution in [1.29, 1.82) is 0 Å². The maximum atomic E-state index is 13.1. The summed E-state index contributed by atoms with van der Waals surface area (Å²) < 4.78 is 40.9. The molecule has 0 spiro atoms. The Morgan fingerprint density at radius 3 is 2.25 bits per heavy atom. The van der Waals surface area contributed by atoms with Gasteiger partial charge in [0.15, 0.2) is 0 Å². The number of para-hydroxylation sites is 1. The molecule has 0 aliphatic carbocycles. The van der Waals surface area contributed by atoms with E-state index in [-0.39, 0.29) is 9.92 Å². The van der Waals surface area contributed by atoms with Gasteiger partial charge in [0.05, 0.1) is 10.7 Å². The van der Waals surface area contributed by atoms with Gasteiger partial charge < -0.3 is 0 Å². The molecule has 3 aromatic rings. The normalized spacial score (nSPS) is 11.2. The number of sulfonamides is 1. The number of halogens is 2. The fraction of sp³-hybridized carbons (Fsp3) is 0. The van der Waals surface area contributed by atoms with E-state index in [9.17, 15) is 12.8 Å². The summed E-state index contributed by atoms with van der Waals surface area (Å²) in [6.07, 6.45) is 0. The van der Waals surface area contributed by atoms with Crippen molar-refractivity contribution in [3.8, 4) is 11.1 Å². The summed E-state index contributed by atoms with van der Waals surface area (Å²) in [5, 5.41) is -0.167. The molecular formula is C18H13ClFNO2S. The quantitative estimate of drug-likeness (QED) is 0.714. The molecule has 0 radical (unpaired) electrons. The van der Waals surface area contributed by atoms with Crippen LogP contribution in [0, 0.1) is 5.82 Å². The van der Waals surface area contributed by atoms with Crippen LogP contribution in [0.5, 0.6) is 0 Å². The van der Waals surface area contributed by atoms with Gasteiger partial charge in [0, 0.05) is 5.56 Å². The van der Waals surface area contributed by atoms with Crippen molar-refractivity contribution in [3.63, 3.8) is 0 Å². The molecule has 6 heteroatoms. The zero-order chi connectivity index (χ0) is 17.2. The largest absolute Gasteiger partial charge is 0.279 e. The fourth-order valence-electron chi connectivity index (χ4n) is 2.33. The van der Waals surface area contributed by atoms with Gasteiger partial charge in [-0.25, -0.2) is 12.8 Å². The summed E-state index contributed by atoms with van der Waals surface area (Å²) in [6, 6.07) is 19.6. The molecule has 0 fully saturated rings. The molecule has 0 aliphatic heterocycles. The monoisotopic (exact) mass is 361 g/mol. The predicted molar refractivity (Wildman–Crippen MR) is 94.1 cm³/mol. The highest BCUT2D eigenvalue weighted by Gasteiger charge is 2.20. The van der Waals surface area contributed by atoms with Crippen LogP contribution in [-0.2, 0) is 10.0 Å². The average Bonchev–Trinajstić information content (AvgIpc) is 2.55. The van der Waals surface area contributed by atoms with E-state index in [1.54, 1.807) is 12.1 Å². The van der Waals surface area contributed by atoms with E-state index in [1.807, 2.05) is 42.5 Å². The minimum atomic E-state index is -3.94. The van der Waals surface area contributed by atoms with Crippen molar-refractivity contribution in [1.82, 2.24) is 0 Å². The zero-order valence-electron chi connectivity index (χ0n) is 12.4. The fourth-order valence-corrected chi connectivity index (χ4v) is 3.95. The van der Waals surface area contributed by atoms with E-state index in [0.717, 1.165) is 29.3 Å². The molecule has 0 saturated heterocycles. The van der Waals surface area contributed by atoms with Gasteiger partial charge in [0.2, 0.25) is 0 Å². The van der Waals surface area contributed by atoms with Gasteiger partial charge in [-0.2, -0.15) is 0 Å². The Morgan fingerprint density at radius 1 is 0.875 bits per heavy atom. The van der Waals surface area contributed by atoms with E-state index < -0.39 is 15.8 Å². The maximum absolute atomic E-state index is 13.1. The van der Waals surface area contributed by atoms with E-state index in [0.29, 0.717) is 5.69 Å². The van der Waals surface area contributed by atoms with Crippen molar-refractivity contribution in [2.45, 2.75) is 4.90 Å². The lowest BCUT2D eigenvalue weighted by molar-refractivity contribution is 0.600. The molecule has 3 aromatic carbocycles. The second kappa shape index (κ2) is 6.63. The third-order valence-corrected chi connectivity index (χ3v) is 5.29. The molecule has 0 amide bonds. The van der Waals surface area contributed by atoms with Crippen LogP contribution in [0.1, 0.15) is 0 Å². The van der Waals surface area contributed by atoms with Crippen LogP contribution in [0.2, 0.25) is 5.02 Å². The Morgan fingerprint density at radius 2 is 1.54 bits per heavy atom. The molecular weight excluding hydrogens is 349 g/mol. The van der Waals surface area contributed by atoms with Crippen molar-refractivity contribution < 1.29 is 12.8 Å². The molecule has 0 aromatic heterocycles. The summed E-state index contributed by atoms with van der Waals surface area (Å²) in [4.78, 5) is -0.173. The van der Waals surface area contributed by atoms with Gasteiger partial charge in [0.1, 0.15) is 10.7 Å². The Hall–Kier alpha value is -2.37. The summed E-state index contributed by atoms with van der Waals surface area (Å²) in [7, 11) is -3.94. The van der Waals surface area contributed by atoms with Crippen molar-refractivity contribution in [2.75, 3.05) is 4.72 Å². The van der Waals surface area contributed by atoms with Crippen molar-refractivity contribution in [2.24, 2.45) is 0 Å². The SMILES string of the molecule is O=S(=O)(Nc1ccccc1-c1ccccc1)c1ccc(F)cc1Cl. The van der Waals surface area contributed by atoms with Crippen LogP contribution >= 0.6 is 11.6 Å². The molecule has 0 aliphatic rings. The Bertz CT molecular complexity index is 975. The summed E-state index contributed by atoms with van der Waals surface area (Å²) in [6.45, 7) is 0. The second-order valence-electron chi connectivity index (χ2n) is 5.09. The average molecular weight is 362 g/mol. The molecule has 0 bridgehead atoms. The first-order chi connectivity index (χ1) is 11.5. The molecule has 1 N–H and O–H groups in total. The number of rotatable bonds is 4. The van der Waals surface area contributed by atoms with E-state index in [1.165, 1.54) is 0 Å². The number of benzene rings is 3. The molecule has 0 unspecified atom stereocenters. The van der Waals surface area contributed by atoms with Crippen LogP contribution < -0.4 is 4.72 Å². The van der Waals surface area contributed by atoms with Gasteiger partial charge in [-0.1, -0.05) is 60.1 Å². The smallest absolute Gasteiger partial charge is 0.263 e. The highest BCUT2D eigenvalue weighted by Crippen LogP contribution is 2.31. The molecule has 0 saturated carbocycles. The molecule has 3 rings (SSSR count). The topological polar surface area (TPSA) is 46.2 Å². The first kappa shape index (κ1) is 16.5. The molecule has 122 valence electrons. The number of hydrogen-bond acceptors (Lipinski definition) is 2. The number of nitrogens with one attached hydrogen (secondary N) is 1. The summed E-state index contributed by atoms with van der Waals surface area (Å²) in [5.41, 5.74) is 2.03. The Labute approximate surface area is 144 Å². The van der Waals surface area contributed by atoms with E-state index in [4.69, 9.17) is 11.6 Å². The molecule has 3 nitrogen and oxygen atoms in total. The number of anilines is 1. The molecule has 24 heavy (non-hydrogen) atoms. The minimum Gasteiger partial charge on any atom is -0.279 e. The van der Waals surface area contributed by atoms with Crippen LogP contribution in [0.15, 0.2) is 77.7 Å². The van der Waals surface area contributed by atoms with E-state index in [2.05, 4.69) is 4.72 Å². The Kier molecular flexibility index (Phi) is 4.55. The van der Waals surface area contributed by atoms with E-state index >= 15 is 0 Å². The first-order valence-electron chi connectivity index (χ1n) is 7.10. The maximum Gasteiger partial charge on any atom is 0.263 e. The van der Waals surface area contributed by atoms with Gasteiger partial charge >= 0.3 is 0 Å². The van der Waals surface area contributed by atoms with Crippen LogP contribution in [0.25, 0.3) is 11.1 Å². The highest BCUT2D eigenvalue weighted by molar-refractivity contribution is 7.92. The van der Waals surface area contributed by atoms with Gasteiger partial charge in [-0.05, 0) is 29.8 Å². The van der Waals surface area contributed by atoms with Crippen LogP contribution in [-0.4, -0.2) is 8.42 Å². The predicted octanol–water partition coefficient (Wildman–Crippen LogP) is 4.95. The molecule has 0 atom stereocenters. The summed E-state index contributed by atoms with van der Waals surface area (Å²) in [5.74, 6) is -0.594. The summed E-state index contributed by atoms with van der Waals surface area (Å²) >= 11 is 5.88. The number of hydrogen-bond donors (Lipinski definition) is 1. The lowest BCUT2D eigenvalue weighted by Gasteiger charge is -2.13. The second-order valence-corrected chi connectivity index (χ2v) is 7.15. The standard InChI is InChI=1S/C18H13ClFNO2S/c19-16-12-14(20)10-11-18(16)24(22,23)21-17-9-5-4-8-15(17)13-6-2-1-3-7-13/h1-12,21H. The lowest BCUT2D eigenvalue weighted by Crippen LogP contribution is -2.14. The van der Waals surface area contributed by atoms with Crippen LogP contribution in [0.3, 0.4) is 0 Å². The zero-order valence-corrected chi connectivity index (χ0v) is 14.0. The lowest BCUT2D eigenvalue weighted by atomic mass is 10.0. The highest BCUT2D eigenvalue weighted by atomic mass is 35.5. The minimum absolute atomic E-state index is 0.167. The molecule has 0 heterocycles. The van der Waals surface area contributed by atoms with Gasteiger partial charge in [-0.15, -0.1) is 0 Å². The third-order valence-electron chi connectivity index (χ3n) is 3.44. The van der Waals surface area contributed by atoms with Gasteiger partial charge in [0.25, 0.3) is 10.0 Å². The van der Waals surface area contributed by atoms with Crippen molar-refractivity contribution >= 4 is 27.3 Å². The first-order valence-corrected chi connectivity index (χ1v) is 8.96. The Balaban J connectivity index is 2.03.